The van der Waals surface area contributed by atoms with Gasteiger partial charge >= 0.3 is 0 Å². The lowest BCUT2D eigenvalue weighted by Gasteiger charge is -2.04. The molecule has 1 aromatic carbocycles. The number of carbonyl (C=O) groups is 1. The molecule has 1 heterocycles. The molecule has 0 radical (unpaired) electrons. The minimum Gasteiger partial charge on any atom is -0.508 e. The second-order valence-electron chi connectivity index (χ2n) is 3.80. The van der Waals surface area contributed by atoms with Gasteiger partial charge in [-0.2, -0.15) is 4.37 Å². The first kappa shape index (κ1) is 13.0. The molecule has 18 heavy (non-hydrogen) atoms. The van der Waals surface area contributed by atoms with Crippen LogP contribution in [0.3, 0.4) is 0 Å². The number of benzene rings is 1. The second kappa shape index (κ2) is 5.49. The van der Waals surface area contributed by atoms with E-state index >= 15 is 0 Å². The third-order valence-corrected chi connectivity index (χ3v) is 4.32. The molecule has 2 rings (SSSR count). The Morgan fingerprint density at radius 3 is 2.89 bits per heavy atom. The molecular weight excluding hydrogens is 268 g/mol. The molecule has 0 bridgehead atoms. The number of nitrogens with zero attached hydrogens (tertiary/aromatic N) is 2. The Bertz CT molecular complexity index is 581. The van der Waals surface area contributed by atoms with Gasteiger partial charge in [0.15, 0.2) is 10.1 Å². The highest BCUT2D eigenvalue weighted by Gasteiger charge is 2.08. The number of aromatic hydroxyl groups is 1. The van der Waals surface area contributed by atoms with Crippen molar-refractivity contribution in [2.45, 2.75) is 23.9 Å². The van der Waals surface area contributed by atoms with Gasteiger partial charge < -0.3 is 5.11 Å². The summed E-state index contributed by atoms with van der Waals surface area (Å²) in [5.41, 5.74) is 1.34. The largest absolute Gasteiger partial charge is 0.508 e. The third kappa shape index (κ3) is 3.08. The van der Waals surface area contributed by atoms with E-state index in [9.17, 15) is 9.90 Å². The molecule has 0 aliphatic carbocycles. The van der Waals surface area contributed by atoms with Crippen molar-refractivity contribution >= 4 is 29.1 Å². The Kier molecular flexibility index (Phi) is 3.98. The molecule has 1 aromatic heterocycles. The monoisotopic (exact) mass is 280 g/mol. The summed E-state index contributed by atoms with van der Waals surface area (Å²) in [6.45, 7) is 3.35. The van der Waals surface area contributed by atoms with Crippen molar-refractivity contribution in [2.24, 2.45) is 0 Å². The molecule has 1 N–H and O–H groups in total. The number of Topliss-reactive ketones (excluding diaryl/α,β-unsaturated/α-hetero) is 1. The van der Waals surface area contributed by atoms with E-state index in [0.29, 0.717) is 11.3 Å². The van der Waals surface area contributed by atoms with Crippen LogP contribution in [0.5, 0.6) is 5.75 Å². The number of carbonyl (C=O) groups excluding carboxylic acids is 1. The predicted molar refractivity (Wildman–Crippen MR) is 72.3 cm³/mol. The van der Waals surface area contributed by atoms with Gasteiger partial charge in [-0.3, -0.25) is 4.79 Å². The van der Waals surface area contributed by atoms with Crippen LogP contribution >= 0.6 is 23.3 Å². The Hall–Kier alpha value is -1.40. The summed E-state index contributed by atoms with van der Waals surface area (Å²) in [6, 6.07) is 4.90. The molecule has 6 heteroatoms. The van der Waals surface area contributed by atoms with E-state index in [1.54, 1.807) is 18.2 Å². The van der Waals surface area contributed by atoms with Crippen LogP contribution < -0.4 is 0 Å². The lowest BCUT2D eigenvalue weighted by molar-refractivity contribution is 0.101. The fourth-order valence-electron chi connectivity index (χ4n) is 1.40. The zero-order valence-electron chi connectivity index (χ0n) is 10.0. The number of rotatable bonds is 4. The van der Waals surface area contributed by atoms with Crippen LogP contribution in [0.15, 0.2) is 22.5 Å². The van der Waals surface area contributed by atoms with E-state index in [4.69, 9.17) is 0 Å². The maximum absolute atomic E-state index is 11.3. The topological polar surface area (TPSA) is 63.1 Å². The highest BCUT2D eigenvalue weighted by Crippen LogP contribution is 2.29. The van der Waals surface area contributed by atoms with Crippen LogP contribution in [0.1, 0.15) is 28.7 Å². The molecule has 0 saturated carbocycles. The van der Waals surface area contributed by atoms with Crippen molar-refractivity contribution in [2.75, 3.05) is 0 Å². The van der Waals surface area contributed by atoms with Crippen LogP contribution in [0.4, 0.5) is 0 Å². The summed E-state index contributed by atoms with van der Waals surface area (Å²) in [7, 11) is 0. The van der Waals surface area contributed by atoms with E-state index in [2.05, 4.69) is 9.36 Å². The summed E-state index contributed by atoms with van der Waals surface area (Å²) in [5.74, 6) is 1.52. The minimum absolute atomic E-state index is 0.00647. The van der Waals surface area contributed by atoms with E-state index in [1.165, 1.54) is 30.2 Å². The number of thioether (sulfide) groups is 1. The van der Waals surface area contributed by atoms with E-state index < -0.39 is 0 Å². The SMILES string of the molecule is CC(=O)c1ccc(O)c(CSc2nc(C)ns2)c1. The van der Waals surface area contributed by atoms with Gasteiger partial charge in [0, 0.05) is 16.9 Å². The van der Waals surface area contributed by atoms with Gasteiger partial charge in [-0.05, 0) is 43.6 Å². The van der Waals surface area contributed by atoms with Crippen LogP contribution in [-0.4, -0.2) is 20.2 Å². The van der Waals surface area contributed by atoms with E-state index in [0.717, 1.165) is 15.7 Å². The fourth-order valence-corrected chi connectivity index (χ4v) is 3.03. The van der Waals surface area contributed by atoms with E-state index in [-0.39, 0.29) is 11.5 Å². The smallest absolute Gasteiger partial charge is 0.170 e. The van der Waals surface area contributed by atoms with Crippen molar-refractivity contribution in [1.82, 2.24) is 9.36 Å². The number of hydrogen-bond donors (Lipinski definition) is 1. The van der Waals surface area contributed by atoms with E-state index in [1.807, 2.05) is 6.92 Å². The summed E-state index contributed by atoms with van der Waals surface area (Å²) >= 11 is 2.84. The maximum Gasteiger partial charge on any atom is 0.170 e. The Morgan fingerprint density at radius 2 is 2.28 bits per heavy atom. The highest BCUT2D eigenvalue weighted by molar-refractivity contribution is 8.00. The first-order valence-electron chi connectivity index (χ1n) is 5.32. The van der Waals surface area contributed by atoms with Crippen molar-refractivity contribution in [3.63, 3.8) is 0 Å². The molecule has 0 saturated heterocycles. The molecule has 0 unspecified atom stereocenters. The molecule has 0 aliphatic rings. The highest BCUT2D eigenvalue weighted by atomic mass is 32.2. The number of aryl methyl sites for hydroxylation is 1. The molecule has 0 atom stereocenters. The molecule has 0 aliphatic heterocycles. The van der Waals surface area contributed by atoms with Crippen LogP contribution in [0.25, 0.3) is 0 Å². The maximum atomic E-state index is 11.3. The number of aromatic nitrogens is 2. The average Bonchev–Trinajstić information content (AvgIpc) is 2.74. The van der Waals surface area contributed by atoms with Gasteiger partial charge in [-0.25, -0.2) is 4.98 Å². The Labute approximate surface area is 113 Å². The van der Waals surface area contributed by atoms with Crippen LogP contribution in [-0.2, 0) is 5.75 Å². The summed E-state index contributed by atoms with van der Waals surface area (Å²) in [6.07, 6.45) is 0. The first-order chi connectivity index (χ1) is 8.56. The van der Waals surface area contributed by atoms with Crippen LogP contribution in [0, 0.1) is 6.92 Å². The molecule has 94 valence electrons. The lowest BCUT2D eigenvalue weighted by atomic mass is 10.1. The molecule has 0 fully saturated rings. The Morgan fingerprint density at radius 1 is 1.50 bits per heavy atom. The van der Waals surface area contributed by atoms with Crippen molar-refractivity contribution in [1.29, 1.82) is 0 Å². The minimum atomic E-state index is -0.00647. The standard InChI is InChI=1S/C12H12N2O2S2/c1-7(15)9-3-4-11(16)10(5-9)6-17-12-13-8(2)14-18-12/h3-5,16H,6H2,1-2H3. The number of phenols is 1. The zero-order valence-corrected chi connectivity index (χ0v) is 11.6. The third-order valence-electron chi connectivity index (χ3n) is 2.35. The summed E-state index contributed by atoms with van der Waals surface area (Å²) in [5, 5.41) is 9.74. The normalized spacial score (nSPS) is 10.6. The fraction of sp³-hybridized carbons (Fsp3) is 0.250. The lowest BCUT2D eigenvalue weighted by Crippen LogP contribution is -1.93. The van der Waals surface area contributed by atoms with Crippen molar-refractivity contribution < 1.29 is 9.90 Å². The van der Waals surface area contributed by atoms with Gasteiger partial charge in [-0.1, -0.05) is 11.8 Å². The molecular formula is C12H12N2O2S2. The quantitative estimate of drug-likeness (QED) is 0.689. The van der Waals surface area contributed by atoms with Gasteiger partial charge in [0.25, 0.3) is 0 Å². The van der Waals surface area contributed by atoms with Crippen LogP contribution in [0.2, 0.25) is 0 Å². The summed E-state index contributed by atoms with van der Waals surface area (Å²) < 4.78 is 4.95. The van der Waals surface area contributed by atoms with Crippen molar-refractivity contribution in [3.05, 3.63) is 35.2 Å². The number of hydrogen-bond acceptors (Lipinski definition) is 6. The second-order valence-corrected chi connectivity index (χ2v) is 5.77. The Balaban J connectivity index is 2.13. The molecule has 2 aromatic rings. The number of ketones is 1. The van der Waals surface area contributed by atoms with Gasteiger partial charge in [-0.15, -0.1) is 0 Å². The zero-order chi connectivity index (χ0) is 13.1. The number of phenolic OH excluding ortho intramolecular Hbond substituents is 1. The van der Waals surface area contributed by atoms with Gasteiger partial charge in [0.2, 0.25) is 0 Å². The molecule has 0 spiro atoms. The molecule has 4 nitrogen and oxygen atoms in total. The average molecular weight is 280 g/mol. The first-order valence-corrected chi connectivity index (χ1v) is 7.08. The molecule has 0 amide bonds. The summed E-state index contributed by atoms with van der Waals surface area (Å²) in [4.78, 5) is 15.5. The van der Waals surface area contributed by atoms with Gasteiger partial charge in [0.05, 0.1) is 0 Å². The van der Waals surface area contributed by atoms with Crippen molar-refractivity contribution in [3.8, 4) is 5.75 Å². The predicted octanol–water partition coefficient (Wildman–Crippen LogP) is 3.05. The van der Waals surface area contributed by atoms with Gasteiger partial charge in [0.1, 0.15) is 11.6 Å².